The fraction of sp³-hybridized carbons (Fsp3) is 0.429. The maximum Gasteiger partial charge on any atom is 0.407 e. The third-order valence-electron chi connectivity index (χ3n) is 3.41. The molecule has 1 unspecified atom stereocenters. The van der Waals surface area contributed by atoms with E-state index >= 15 is 0 Å². The number of carbonyl (C=O) groups excluding carboxylic acids is 1. The first-order chi connectivity index (χ1) is 9.56. The zero-order chi connectivity index (χ0) is 14.5. The van der Waals surface area contributed by atoms with Crippen LogP contribution in [0.2, 0.25) is 0 Å². The molecule has 1 atom stereocenters. The number of nitrogens with zero attached hydrogens (tertiary/aromatic N) is 1. The zero-order valence-electron chi connectivity index (χ0n) is 11.1. The minimum atomic E-state index is -0.948. The first-order valence-electron chi connectivity index (χ1n) is 6.64. The summed E-state index contributed by atoms with van der Waals surface area (Å²) in [5.74, 6) is -0.143. The molecule has 0 spiro atoms. The second-order valence-corrected chi connectivity index (χ2v) is 4.94. The van der Waals surface area contributed by atoms with E-state index in [4.69, 9.17) is 5.11 Å². The first kappa shape index (κ1) is 14.2. The van der Waals surface area contributed by atoms with Gasteiger partial charge in [-0.3, -0.25) is 4.79 Å². The summed E-state index contributed by atoms with van der Waals surface area (Å²) in [6, 6.07) is 5.80. The Morgan fingerprint density at radius 1 is 1.20 bits per heavy atom. The average Bonchev–Trinajstić information content (AvgIpc) is 2.65. The summed E-state index contributed by atoms with van der Waals surface area (Å²) in [6.07, 6.45) is 1.53. The number of phenolic OH excluding ortho intramolecular Hbond substituents is 1. The third kappa shape index (κ3) is 3.63. The van der Waals surface area contributed by atoms with Crippen molar-refractivity contribution in [3.05, 3.63) is 29.8 Å². The van der Waals surface area contributed by atoms with Gasteiger partial charge in [-0.25, -0.2) is 4.79 Å². The van der Waals surface area contributed by atoms with Crippen LogP contribution in [0.1, 0.15) is 29.6 Å². The molecule has 2 amide bonds. The van der Waals surface area contributed by atoms with Gasteiger partial charge in [-0.15, -0.1) is 0 Å². The van der Waals surface area contributed by atoms with Gasteiger partial charge in [0.25, 0.3) is 5.91 Å². The number of aromatic hydroxyl groups is 1. The molecule has 0 aliphatic carbocycles. The van der Waals surface area contributed by atoms with Crippen LogP contribution >= 0.6 is 0 Å². The van der Waals surface area contributed by atoms with E-state index in [9.17, 15) is 14.7 Å². The molecular weight excluding hydrogens is 260 g/mol. The molecule has 0 bridgehead atoms. The monoisotopic (exact) mass is 278 g/mol. The Morgan fingerprint density at radius 3 is 2.55 bits per heavy atom. The minimum Gasteiger partial charge on any atom is -0.508 e. The molecular formula is C14H18N2O4. The van der Waals surface area contributed by atoms with Crippen LogP contribution in [0.25, 0.3) is 0 Å². The molecule has 20 heavy (non-hydrogen) atoms. The number of carbonyl (C=O) groups is 2. The van der Waals surface area contributed by atoms with Crippen molar-refractivity contribution in [1.29, 1.82) is 0 Å². The molecule has 2 rings (SSSR count). The molecule has 1 aromatic carbocycles. The predicted octanol–water partition coefficient (Wildman–Crippen LogP) is 1.65. The Kier molecular flexibility index (Phi) is 4.45. The minimum absolute atomic E-state index is 0.105. The molecule has 1 aromatic rings. The maximum absolute atomic E-state index is 12.1. The Labute approximate surface area is 117 Å². The van der Waals surface area contributed by atoms with Crippen molar-refractivity contribution in [1.82, 2.24) is 10.2 Å². The van der Waals surface area contributed by atoms with E-state index in [1.165, 1.54) is 29.2 Å². The van der Waals surface area contributed by atoms with E-state index in [1.54, 1.807) is 0 Å². The average molecular weight is 278 g/mol. The summed E-state index contributed by atoms with van der Waals surface area (Å²) in [6.45, 7) is 0.833. The summed E-state index contributed by atoms with van der Waals surface area (Å²) in [5.41, 5.74) is 0.453. The van der Waals surface area contributed by atoms with E-state index in [1.807, 2.05) is 0 Å². The van der Waals surface area contributed by atoms with Gasteiger partial charge in [-0.1, -0.05) is 0 Å². The summed E-state index contributed by atoms with van der Waals surface area (Å²) >= 11 is 0. The smallest absolute Gasteiger partial charge is 0.407 e. The number of carboxylic acid groups (broad SMARTS) is 1. The maximum atomic E-state index is 12.1. The number of likely N-dealkylation sites (tertiary alicyclic amines) is 1. The Balaban J connectivity index is 1.98. The van der Waals surface area contributed by atoms with Crippen LogP contribution in [-0.4, -0.2) is 46.2 Å². The van der Waals surface area contributed by atoms with Crippen molar-refractivity contribution in [2.75, 3.05) is 13.1 Å². The van der Waals surface area contributed by atoms with E-state index < -0.39 is 6.09 Å². The van der Waals surface area contributed by atoms with Crippen LogP contribution in [0, 0.1) is 0 Å². The second-order valence-electron chi connectivity index (χ2n) is 4.94. The number of hydrogen-bond donors (Lipinski definition) is 3. The Morgan fingerprint density at radius 2 is 1.90 bits per heavy atom. The molecule has 0 saturated carbocycles. The lowest BCUT2D eigenvalue weighted by molar-refractivity contribution is 0.0920. The number of nitrogens with one attached hydrogen (secondary N) is 1. The van der Waals surface area contributed by atoms with Gasteiger partial charge < -0.3 is 20.4 Å². The molecule has 1 saturated heterocycles. The number of rotatable bonds is 2. The fourth-order valence-corrected chi connectivity index (χ4v) is 2.32. The molecule has 1 fully saturated rings. The zero-order valence-corrected chi connectivity index (χ0v) is 11.1. The highest BCUT2D eigenvalue weighted by molar-refractivity contribution is 5.94. The van der Waals surface area contributed by atoms with Crippen molar-refractivity contribution in [2.45, 2.75) is 25.3 Å². The number of phenols is 1. The molecule has 1 aliphatic heterocycles. The second kappa shape index (κ2) is 6.27. The van der Waals surface area contributed by atoms with E-state index in [0.29, 0.717) is 18.7 Å². The molecule has 0 aromatic heterocycles. The molecule has 1 heterocycles. The summed E-state index contributed by atoms with van der Waals surface area (Å²) < 4.78 is 0. The fourth-order valence-electron chi connectivity index (χ4n) is 2.32. The molecule has 0 radical (unpaired) electrons. The number of amides is 2. The largest absolute Gasteiger partial charge is 0.508 e. The van der Waals surface area contributed by atoms with Crippen LogP contribution in [0.5, 0.6) is 5.75 Å². The van der Waals surface area contributed by atoms with Crippen LogP contribution in [-0.2, 0) is 0 Å². The van der Waals surface area contributed by atoms with Crippen LogP contribution in [0.15, 0.2) is 24.3 Å². The molecule has 108 valence electrons. The Bertz CT molecular complexity index is 486. The van der Waals surface area contributed by atoms with Crippen LogP contribution in [0.3, 0.4) is 0 Å². The van der Waals surface area contributed by atoms with Gasteiger partial charge in [0.15, 0.2) is 0 Å². The van der Waals surface area contributed by atoms with Crippen molar-refractivity contribution in [2.24, 2.45) is 0 Å². The third-order valence-corrected chi connectivity index (χ3v) is 3.41. The highest BCUT2D eigenvalue weighted by Gasteiger charge is 2.22. The van der Waals surface area contributed by atoms with Crippen LogP contribution in [0.4, 0.5) is 4.79 Å². The van der Waals surface area contributed by atoms with E-state index in [2.05, 4.69) is 5.32 Å². The lowest BCUT2D eigenvalue weighted by atomic mass is 10.1. The number of hydrogen-bond acceptors (Lipinski definition) is 3. The molecule has 3 N–H and O–H groups in total. The van der Waals surface area contributed by atoms with Crippen molar-refractivity contribution < 1.29 is 19.8 Å². The number of benzene rings is 1. The van der Waals surface area contributed by atoms with Gasteiger partial charge in [0.2, 0.25) is 0 Å². The lowest BCUT2D eigenvalue weighted by Crippen LogP contribution is -2.44. The summed E-state index contributed by atoms with van der Waals surface area (Å²) in [7, 11) is 0. The highest BCUT2D eigenvalue weighted by atomic mass is 16.4. The standard InChI is InChI=1S/C14H18N2O4/c17-12-6-4-10(5-7-12)13(18)15-11-3-1-2-8-16(9-11)14(19)20/h4-7,11,17H,1-3,8-9H2,(H,15,18)(H,19,20). The lowest BCUT2D eigenvalue weighted by Gasteiger charge is -2.22. The van der Waals surface area contributed by atoms with Crippen molar-refractivity contribution in [3.8, 4) is 5.75 Å². The predicted molar refractivity (Wildman–Crippen MR) is 72.8 cm³/mol. The Hall–Kier alpha value is -2.24. The topological polar surface area (TPSA) is 89.9 Å². The van der Waals surface area contributed by atoms with Crippen molar-refractivity contribution >= 4 is 12.0 Å². The van der Waals surface area contributed by atoms with Gasteiger partial charge in [-0.05, 0) is 43.5 Å². The highest BCUT2D eigenvalue weighted by Crippen LogP contribution is 2.13. The van der Waals surface area contributed by atoms with E-state index in [0.717, 1.165) is 19.3 Å². The van der Waals surface area contributed by atoms with Gasteiger partial charge in [-0.2, -0.15) is 0 Å². The van der Waals surface area contributed by atoms with Gasteiger partial charge in [0, 0.05) is 24.7 Å². The molecule has 6 heteroatoms. The summed E-state index contributed by atoms with van der Waals surface area (Å²) in [4.78, 5) is 24.4. The van der Waals surface area contributed by atoms with E-state index in [-0.39, 0.29) is 17.7 Å². The quantitative estimate of drug-likeness (QED) is 0.767. The first-order valence-corrected chi connectivity index (χ1v) is 6.64. The van der Waals surface area contributed by atoms with Crippen LogP contribution < -0.4 is 5.32 Å². The van der Waals surface area contributed by atoms with Gasteiger partial charge in [0.1, 0.15) is 5.75 Å². The van der Waals surface area contributed by atoms with Gasteiger partial charge >= 0.3 is 6.09 Å². The van der Waals surface area contributed by atoms with Gasteiger partial charge in [0.05, 0.1) is 0 Å². The van der Waals surface area contributed by atoms with Crippen molar-refractivity contribution in [3.63, 3.8) is 0 Å². The summed E-state index contributed by atoms with van der Waals surface area (Å²) in [5, 5.41) is 21.1. The SMILES string of the molecule is O=C(NC1CCCCN(C(=O)O)C1)c1ccc(O)cc1. The molecule has 6 nitrogen and oxygen atoms in total. The normalized spacial score (nSPS) is 19.2. The molecule has 1 aliphatic rings.